The first-order valence-corrected chi connectivity index (χ1v) is 8.83. The van der Waals surface area contributed by atoms with Crippen LogP contribution in [0.1, 0.15) is 19.4 Å². The lowest BCUT2D eigenvalue weighted by Gasteiger charge is -2.22. The van der Waals surface area contributed by atoms with Gasteiger partial charge in [0, 0.05) is 36.5 Å². The molecule has 0 fully saturated rings. The summed E-state index contributed by atoms with van der Waals surface area (Å²) in [7, 11) is 3.68. The van der Waals surface area contributed by atoms with Crippen molar-refractivity contribution in [3.05, 3.63) is 64.5 Å². The number of nitrogens with one attached hydrogen (secondary N) is 4. The van der Waals surface area contributed by atoms with Gasteiger partial charge < -0.3 is 15.6 Å². The van der Waals surface area contributed by atoms with Gasteiger partial charge in [0.25, 0.3) is 0 Å². The van der Waals surface area contributed by atoms with Crippen molar-refractivity contribution in [2.24, 2.45) is 0 Å². The standard InChI is InChI=1S/C19H25ClN6O/c1-13(5-6-14(2)20)19(27)22-11-17-12-23-24-26(17)16-9-7-15(8-10-16)18(21)25(3)4/h5-10,12,21,23-24H,11H2,1-4H3,(H,22,27)/b13-5+,14-6+,21-18?. The van der Waals surface area contributed by atoms with E-state index in [-0.39, 0.29) is 5.91 Å². The van der Waals surface area contributed by atoms with E-state index in [4.69, 9.17) is 17.0 Å². The van der Waals surface area contributed by atoms with Crippen LogP contribution in [0.3, 0.4) is 0 Å². The molecule has 8 heteroatoms. The number of rotatable bonds is 6. The molecule has 0 saturated carbocycles. The first-order chi connectivity index (χ1) is 12.8. The van der Waals surface area contributed by atoms with Gasteiger partial charge in [-0.3, -0.25) is 15.2 Å². The number of nitrogens with zero attached hydrogens (tertiary/aromatic N) is 2. The monoisotopic (exact) mass is 388 g/mol. The van der Waals surface area contributed by atoms with Gasteiger partial charge >= 0.3 is 0 Å². The molecule has 1 aliphatic heterocycles. The van der Waals surface area contributed by atoms with Crippen molar-refractivity contribution >= 4 is 29.0 Å². The summed E-state index contributed by atoms with van der Waals surface area (Å²) in [5.74, 6) is 0.285. The largest absolute Gasteiger partial charge is 0.363 e. The Morgan fingerprint density at radius 1 is 1.26 bits per heavy atom. The second kappa shape index (κ2) is 9.25. The summed E-state index contributed by atoms with van der Waals surface area (Å²) in [5.41, 5.74) is 9.12. The molecular formula is C19H25ClN6O. The van der Waals surface area contributed by atoms with Crippen LogP contribution in [0.15, 0.2) is 58.9 Å². The van der Waals surface area contributed by atoms with E-state index < -0.39 is 0 Å². The maximum Gasteiger partial charge on any atom is 0.247 e. The molecule has 1 aromatic rings. The number of carbonyl (C=O) groups excluding carboxylic acids is 1. The zero-order valence-corrected chi connectivity index (χ0v) is 16.7. The summed E-state index contributed by atoms with van der Waals surface area (Å²) >= 11 is 5.78. The third kappa shape index (κ3) is 5.60. The summed E-state index contributed by atoms with van der Waals surface area (Å²) < 4.78 is 0. The second-order valence-electron chi connectivity index (χ2n) is 6.30. The van der Waals surface area contributed by atoms with E-state index in [2.05, 4.69) is 16.3 Å². The molecule has 4 N–H and O–H groups in total. The van der Waals surface area contributed by atoms with Crippen LogP contribution in [-0.4, -0.2) is 37.3 Å². The molecule has 1 amide bonds. The number of hydrogen-bond donors (Lipinski definition) is 4. The Kier molecular flexibility index (Phi) is 7.04. The van der Waals surface area contributed by atoms with Gasteiger partial charge in [-0.2, -0.15) is 0 Å². The number of halogens is 1. The number of hydrazine groups is 2. The van der Waals surface area contributed by atoms with Gasteiger partial charge in [0.15, 0.2) is 0 Å². The van der Waals surface area contributed by atoms with Gasteiger partial charge in [0.1, 0.15) is 5.84 Å². The Hall–Kier alpha value is -2.77. The highest BCUT2D eigenvalue weighted by Crippen LogP contribution is 2.19. The lowest BCUT2D eigenvalue weighted by molar-refractivity contribution is -0.117. The Balaban J connectivity index is 2.01. The zero-order chi connectivity index (χ0) is 20.0. The van der Waals surface area contributed by atoms with Crippen LogP contribution < -0.4 is 21.3 Å². The van der Waals surface area contributed by atoms with Crippen LogP contribution in [0.4, 0.5) is 5.69 Å². The van der Waals surface area contributed by atoms with E-state index in [1.165, 1.54) is 0 Å². The Labute approximate surface area is 164 Å². The molecule has 0 aromatic heterocycles. The minimum atomic E-state index is -0.160. The summed E-state index contributed by atoms with van der Waals surface area (Å²) in [6.45, 7) is 3.84. The number of benzene rings is 1. The molecular weight excluding hydrogens is 364 g/mol. The summed E-state index contributed by atoms with van der Waals surface area (Å²) in [5, 5.41) is 13.4. The molecule has 0 aliphatic carbocycles. The van der Waals surface area contributed by atoms with Gasteiger partial charge in [-0.1, -0.05) is 17.7 Å². The maximum absolute atomic E-state index is 12.2. The average Bonchev–Trinajstić information content (AvgIpc) is 3.12. The molecule has 27 heavy (non-hydrogen) atoms. The Morgan fingerprint density at radius 3 is 2.52 bits per heavy atom. The van der Waals surface area contributed by atoms with Crippen molar-refractivity contribution in [2.45, 2.75) is 13.8 Å². The zero-order valence-electron chi connectivity index (χ0n) is 15.9. The normalized spacial score (nSPS) is 14.6. The van der Waals surface area contributed by atoms with Crippen LogP contribution in [0.2, 0.25) is 0 Å². The molecule has 0 unspecified atom stereocenters. The van der Waals surface area contributed by atoms with Crippen molar-refractivity contribution in [1.82, 2.24) is 21.2 Å². The maximum atomic E-state index is 12.2. The third-order valence-electron chi connectivity index (χ3n) is 3.90. The highest BCUT2D eigenvalue weighted by Gasteiger charge is 2.18. The molecule has 144 valence electrons. The molecule has 1 aromatic carbocycles. The van der Waals surface area contributed by atoms with E-state index in [0.717, 1.165) is 16.9 Å². The first-order valence-electron chi connectivity index (χ1n) is 8.45. The van der Waals surface area contributed by atoms with E-state index in [1.807, 2.05) is 43.4 Å². The summed E-state index contributed by atoms with van der Waals surface area (Å²) in [6.07, 6.45) is 5.17. The summed E-state index contributed by atoms with van der Waals surface area (Å²) in [6, 6.07) is 7.62. The van der Waals surface area contributed by atoms with Crippen molar-refractivity contribution in [2.75, 3.05) is 25.6 Å². The highest BCUT2D eigenvalue weighted by molar-refractivity contribution is 6.29. The van der Waals surface area contributed by atoms with Gasteiger partial charge in [-0.25, -0.2) is 0 Å². The number of anilines is 1. The second-order valence-corrected chi connectivity index (χ2v) is 6.90. The fraction of sp³-hybridized carbons (Fsp3) is 0.263. The Morgan fingerprint density at radius 2 is 1.93 bits per heavy atom. The number of amides is 1. The van der Waals surface area contributed by atoms with Gasteiger partial charge in [0.05, 0.1) is 17.9 Å². The summed E-state index contributed by atoms with van der Waals surface area (Å²) in [4.78, 5) is 13.9. The van der Waals surface area contributed by atoms with Crippen molar-refractivity contribution in [3.8, 4) is 0 Å². The van der Waals surface area contributed by atoms with Gasteiger partial charge in [-0.05, 0) is 44.2 Å². The van der Waals surface area contributed by atoms with Crippen LogP contribution in [-0.2, 0) is 4.79 Å². The average molecular weight is 389 g/mol. The number of hydrogen-bond acceptors (Lipinski definition) is 5. The molecule has 0 bridgehead atoms. The molecule has 2 rings (SSSR count). The predicted molar refractivity (Wildman–Crippen MR) is 110 cm³/mol. The molecule has 0 atom stereocenters. The predicted octanol–water partition coefficient (Wildman–Crippen LogP) is 2.45. The molecule has 1 aliphatic rings. The smallest absolute Gasteiger partial charge is 0.247 e. The fourth-order valence-corrected chi connectivity index (χ4v) is 2.39. The SMILES string of the molecule is C/C(Cl)=C\C=C(/C)C(=O)NCC1=CNNN1c1ccc(C(=N)N(C)C)cc1. The number of allylic oxidation sites excluding steroid dienone is 3. The van der Waals surface area contributed by atoms with E-state index in [1.54, 1.807) is 37.1 Å². The van der Waals surface area contributed by atoms with Crippen LogP contribution >= 0.6 is 11.6 Å². The fourth-order valence-electron chi connectivity index (χ4n) is 2.33. The van der Waals surface area contributed by atoms with Crippen LogP contribution in [0.25, 0.3) is 0 Å². The molecule has 0 radical (unpaired) electrons. The van der Waals surface area contributed by atoms with Crippen LogP contribution in [0.5, 0.6) is 0 Å². The first kappa shape index (κ1) is 20.5. The van der Waals surface area contributed by atoms with E-state index >= 15 is 0 Å². The molecule has 0 spiro atoms. The Bertz CT molecular complexity index is 791. The molecule has 0 saturated heterocycles. The van der Waals surface area contributed by atoms with Crippen LogP contribution in [0, 0.1) is 5.41 Å². The van der Waals surface area contributed by atoms with Gasteiger partial charge in [0.2, 0.25) is 5.91 Å². The lowest BCUT2D eigenvalue weighted by atomic mass is 10.1. The number of amidine groups is 1. The topological polar surface area (TPSA) is 83.5 Å². The third-order valence-corrected chi connectivity index (χ3v) is 4.03. The van der Waals surface area contributed by atoms with Gasteiger partial charge in [-0.15, -0.1) is 5.53 Å². The quantitative estimate of drug-likeness (QED) is 0.260. The number of carbonyl (C=O) groups is 1. The minimum absolute atomic E-state index is 0.160. The highest BCUT2D eigenvalue weighted by atomic mass is 35.5. The lowest BCUT2D eigenvalue weighted by Crippen LogP contribution is -2.40. The van der Waals surface area contributed by atoms with Crippen molar-refractivity contribution in [3.63, 3.8) is 0 Å². The minimum Gasteiger partial charge on any atom is -0.363 e. The van der Waals surface area contributed by atoms with Crippen molar-refractivity contribution < 1.29 is 4.79 Å². The van der Waals surface area contributed by atoms with Crippen molar-refractivity contribution in [1.29, 1.82) is 5.41 Å². The molecule has 7 nitrogen and oxygen atoms in total. The van der Waals surface area contributed by atoms with E-state index in [9.17, 15) is 4.79 Å². The molecule has 1 heterocycles. The van der Waals surface area contributed by atoms with E-state index in [0.29, 0.717) is 23.0 Å².